The van der Waals surface area contributed by atoms with Crippen molar-refractivity contribution in [1.29, 1.82) is 0 Å². The third-order valence-corrected chi connectivity index (χ3v) is 10.3. The van der Waals surface area contributed by atoms with Crippen LogP contribution in [0.25, 0.3) is 0 Å². The molecule has 0 aliphatic carbocycles. The summed E-state index contributed by atoms with van der Waals surface area (Å²) in [7, 11) is -2.53. The fourth-order valence-corrected chi connectivity index (χ4v) is 7.36. The fourth-order valence-electron chi connectivity index (χ4n) is 4.18. The number of hydrogen-bond donors (Lipinski definition) is 1. The summed E-state index contributed by atoms with van der Waals surface area (Å²) in [5, 5.41) is 11.3. The van der Waals surface area contributed by atoms with Gasteiger partial charge in [-0.05, 0) is 52.9 Å². The molecule has 0 radical (unpaired) electrons. The summed E-state index contributed by atoms with van der Waals surface area (Å²) in [6, 6.07) is 21.6. The summed E-state index contributed by atoms with van der Waals surface area (Å²) in [4.78, 5) is 13.4. The first-order valence-electron chi connectivity index (χ1n) is 12.8. The van der Waals surface area contributed by atoms with Crippen LogP contribution in [-0.2, 0) is 26.0 Å². The fraction of sp³-hybridized carbons (Fsp3) is 0.276. The standard InChI is InChI=1S/C29H30N4O5S3/c1-29(2,3)20-10-15-24-23(16-20)33(41(35,36)22-13-11-21(37-4)12-14-22)17-25(38-24)26(34)30-27-31-32-28(40-27)39-18-19-8-6-5-7-9-19/h5-16,25H,17-18H2,1-4H3,(H,30,31,34)/t25-/m1/s1. The van der Waals surface area contributed by atoms with Crippen molar-refractivity contribution in [1.82, 2.24) is 10.2 Å². The number of ether oxygens (including phenoxy) is 2. The number of carbonyl (C=O) groups excluding carboxylic acids is 1. The maximum absolute atomic E-state index is 13.9. The van der Waals surface area contributed by atoms with Crippen LogP contribution in [0.15, 0.2) is 82.0 Å². The molecule has 0 bridgehead atoms. The number of thioether (sulfide) groups is 1. The van der Waals surface area contributed by atoms with Gasteiger partial charge in [-0.2, -0.15) is 0 Å². The molecule has 1 amide bonds. The van der Waals surface area contributed by atoms with Gasteiger partial charge in [0.05, 0.1) is 24.2 Å². The van der Waals surface area contributed by atoms with Crippen LogP contribution in [0.5, 0.6) is 11.5 Å². The molecule has 0 spiro atoms. The van der Waals surface area contributed by atoms with Crippen molar-refractivity contribution >= 4 is 49.8 Å². The molecule has 0 saturated heterocycles. The van der Waals surface area contributed by atoms with Gasteiger partial charge in [0.15, 0.2) is 10.4 Å². The minimum Gasteiger partial charge on any atom is -0.497 e. The Morgan fingerprint density at radius 3 is 2.51 bits per heavy atom. The highest BCUT2D eigenvalue weighted by Crippen LogP contribution is 2.40. The van der Waals surface area contributed by atoms with Crippen molar-refractivity contribution in [3.05, 3.63) is 83.9 Å². The topological polar surface area (TPSA) is 111 Å². The molecule has 0 fully saturated rings. The molecular formula is C29H30N4O5S3. The molecule has 1 aliphatic rings. The number of carbonyl (C=O) groups is 1. The van der Waals surface area contributed by atoms with Crippen molar-refractivity contribution in [2.45, 2.75) is 47.3 Å². The van der Waals surface area contributed by atoms with Gasteiger partial charge in [-0.3, -0.25) is 14.4 Å². The molecule has 5 rings (SSSR count). The monoisotopic (exact) mass is 610 g/mol. The third-order valence-electron chi connectivity index (χ3n) is 6.48. The summed E-state index contributed by atoms with van der Waals surface area (Å²) in [6.07, 6.45) is -1.11. The van der Waals surface area contributed by atoms with Crippen molar-refractivity contribution in [2.24, 2.45) is 0 Å². The first kappa shape index (κ1) is 28.9. The van der Waals surface area contributed by atoms with Gasteiger partial charge in [-0.15, -0.1) is 10.2 Å². The van der Waals surface area contributed by atoms with E-state index in [0.29, 0.717) is 26.7 Å². The van der Waals surface area contributed by atoms with Crippen molar-refractivity contribution in [3.8, 4) is 11.5 Å². The van der Waals surface area contributed by atoms with Gasteiger partial charge >= 0.3 is 0 Å². The number of aromatic nitrogens is 2. The molecule has 1 atom stereocenters. The molecule has 41 heavy (non-hydrogen) atoms. The van der Waals surface area contributed by atoms with E-state index < -0.39 is 22.0 Å². The van der Waals surface area contributed by atoms with Gasteiger partial charge in [-0.1, -0.05) is 80.3 Å². The van der Waals surface area contributed by atoms with E-state index in [0.717, 1.165) is 16.9 Å². The number of sulfonamides is 1. The normalized spacial score (nSPS) is 15.1. The van der Waals surface area contributed by atoms with Gasteiger partial charge in [-0.25, -0.2) is 8.42 Å². The number of methoxy groups -OCH3 is 1. The number of rotatable bonds is 8. The minimum atomic E-state index is -4.04. The van der Waals surface area contributed by atoms with Crippen LogP contribution < -0.4 is 19.1 Å². The Morgan fingerprint density at radius 1 is 1.10 bits per heavy atom. The number of anilines is 2. The number of nitrogens with zero attached hydrogens (tertiary/aromatic N) is 3. The molecule has 9 nitrogen and oxygen atoms in total. The Kier molecular flexibility index (Phi) is 8.25. The van der Waals surface area contributed by atoms with Crippen LogP contribution in [-0.4, -0.2) is 44.3 Å². The Bertz CT molecular complexity index is 1640. The first-order chi connectivity index (χ1) is 19.5. The minimum absolute atomic E-state index is 0.0793. The Morgan fingerprint density at radius 2 is 1.83 bits per heavy atom. The second-order valence-corrected chi connectivity index (χ2v) is 14.4. The maximum atomic E-state index is 13.9. The number of hydrogen-bond acceptors (Lipinski definition) is 9. The van der Waals surface area contributed by atoms with Crippen LogP contribution >= 0.6 is 23.1 Å². The average molecular weight is 611 g/mol. The van der Waals surface area contributed by atoms with E-state index in [2.05, 4.69) is 15.5 Å². The molecule has 0 unspecified atom stereocenters. The molecule has 1 aromatic heterocycles. The molecule has 4 aromatic rings. The predicted octanol–water partition coefficient (Wildman–Crippen LogP) is 5.73. The Balaban J connectivity index is 1.39. The molecule has 1 N–H and O–H groups in total. The number of amides is 1. The molecule has 1 aliphatic heterocycles. The lowest BCUT2D eigenvalue weighted by Crippen LogP contribution is -2.49. The van der Waals surface area contributed by atoms with Crippen molar-refractivity contribution < 1.29 is 22.7 Å². The van der Waals surface area contributed by atoms with E-state index in [1.165, 1.54) is 46.6 Å². The summed E-state index contributed by atoms with van der Waals surface area (Å²) in [6.45, 7) is 5.93. The Labute approximate surface area is 248 Å². The van der Waals surface area contributed by atoms with Gasteiger partial charge < -0.3 is 9.47 Å². The molecule has 0 saturated carbocycles. The van der Waals surface area contributed by atoms with Crippen molar-refractivity contribution in [2.75, 3.05) is 23.3 Å². The number of benzene rings is 3. The second-order valence-electron chi connectivity index (χ2n) is 10.4. The lowest BCUT2D eigenvalue weighted by molar-refractivity contribution is -0.122. The Hall–Kier alpha value is -3.61. The maximum Gasteiger partial charge on any atom is 0.269 e. The lowest BCUT2D eigenvalue weighted by Gasteiger charge is -2.35. The quantitative estimate of drug-likeness (QED) is 0.199. The highest BCUT2D eigenvalue weighted by atomic mass is 32.2. The summed E-state index contributed by atoms with van der Waals surface area (Å²) >= 11 is 2.77. The molecular weight excluding hydrogens is 581 g/mol. The third kappa shape index (κ3) is 6.50. The molecule has 214 valence electrons. The molecule has 12 heteroatoms. The van der Waals surface area contributed by atoms with E-state index in [1.807, 2.05) is 63.2 Å². The zero-order valence-electron chi connectivity index (χ0n) is 23.0. The summed E-state index contributed by atoms with van der Waals surface area (Å²) in [5.74, 6) is 1.05. The number of fused-ring (bicyclic) bond motifs is 1. The van der Waals surface area contributed by atoms with E-state index in [9.17, 15) is 13.2 Å². The van der Waals surface area contributed by atoms with Crippen LogP contribution in [0.1, 0.15) is 31.9 Å². The first-order valence-corrected chi connectivity index (χ1v) is 16.1. The van der Waals surface area contributed by atoms with Gasteiger partial charge in [0, 0.05) is 5.75 Å². The predicted molar refractivity (Wildman–Crippen MR) is 162 cm³/mol. The average Bonchev–Trinajstić information content (AvgIpc) is 3.42. The van der Waals surface area contributed by atoms with Crippen molar-refractivity contribution in [3.63, 3.8) is 0 Å². The zero-order valence-corrected chi connectivity index (χ0v) is 25.5. The van der Waals surface area contributed by atoms with E-state index >= 15 is 0 Å². The highest BCUT2D eigenvalue weighted by molar-refractivity contribution is 8.00. The van der Waals surface area contributed by atoms with Crippen LogP contribution in [0, 0.1) is 0 Å². The smallest absolute Gasteiger partial charge is 0.269 e. The van der Waals surface area contributed by atoms with Crippen LogP contribution in [0.2, 0.25) is 0 Å². The van der Waals surface area contributed by atoms with Crippen LogP contribution in [0.3, 0.4) is 0 Å². The summed E-state index contributed by atoms with van der Waals surface area (Å²) in [5.41, 5.74) is 2.24. The van der Waals surface area contributed by atoms with Gasteiger partial charge in [0.1, 0.15) is 11.5 Å². The zero-order chi connectivity index (χ0) is 29.2. The SMILES string of the molecule is COc1ccc(S(=O)(=O)N2C[C@H](C(=O)Nc3nnc(SCc4ccccc4)s3)Oc3ccc(C(C)(C)C)cc32)cc1. The van der Waals surface area contributed by atoms with E-state index in [4.69, 9.17) is 9.47 Å². The second kappa shape index (κ2) is 11.7. The number of nitrogens with one attached hydrogen (secondary N) is 1. The molecule has 3 aromatic carbocycles. The van der Waals surface area contributed by atoms with E-state index in [-0.39, 0.29) is 16.9 Å². The van der Waals surface area contributed by atoms with Crippen LogP contribution in [0.4, 0.5) is 10.8 Å². The lowest BCUT2D eigenvalue weighted by atomic mass is 9.86. The van der Waals surface area contributed by atoms with E-state index in [1.54, 1.807) is 18.2 Å². The summed E-state index contributed by atoms with van der Waals surface area (Å²) < 4.78 is 41.0. The largest absolute Gasteiger partial charge is 0.497 e. The molecule has 2 heterocycles. The van der Waals surface area contributed by atoms with Gasteiger partial charge in [0.25, 0.3) is 15.9 Å². The highest BCUT2D eigenvalue weighted by Gasteiger charge is 2.38. The van der Waals surface area contributed by atoms with Gasteiger partial charge in [0.2, 0.25) is 5.13 Å².